The lowest BCUT2D eigenvalue weighted by Crippen LogP contribution is -2.33. The summed E-state index contributed by atoms with van der Waals surface area (Å²) in [6.07, 6.45) is 0.811. The summed E-state index contributed by atoms with van der Waals surface area (Å²) in [4.78, 5) is 24.4. The summed E-state index contributed by atoms with van der Waals surface area (Å²) >= 11 is 0. The highest BCUT2D eigenvalue weighted by molar-refractivity contribution is 6.00. The molecule has 3 aromatic rings. The highest BCUT2D eigenvalue weighted by Gasteiger charge is 2.24. The molecule has 172 valence electrons. The molecule has 0 fully saturated rings. The molecular formula is C26H31N5O2. The number of amides is 2. The van der Waals surface area contributed by atoms with E-state index in [0.29, 0.717) is 6.61 Å². The van der Waals surface area contributed by atoms with Crippen molar-refractivity contribution in [2.75, 3.05) is 29.2 Å². The van der Waals surface area contributed by atoms with Crippen molar-refractivity contribution < 1.29 is 9.53 Å². The zero-order chi connectivity index (χ0) is 23.4. The number of nitrogens with zero attached hydrogens (tertiary/aromatic N) is 3. The van der Waals surface area contributed by atoms with Crippen LogP contribution in [-0.4, -0.2) is 29.7 Å². The van der Waals surface area contributed by atoms with Gasteiger partial charge in [0.05, 0.1) is 12.3 Å². The highest BCUT2D eigenvalue weighted by atomic mass is 16.5. The molecule has 1 aromatic heterocycles. The second-order valence-electron chi connectivity index (χ2n) is 9.28. The van der Waals surface area contributed by atoms with E-state index in [0.717, 1.165) is 48.2 Å². The molecule has 2 N–H and O–H groups in total. The molecule has 7 nitrogen and oxygen atoms in total. The number of hydrogen-bond acceptors (Lipinski definition) is 5. The summed E-state index contributed by atoms with van der Waals surface area (Å²) in [6.45, 7) is 8.33. The molecule has 0 saturated carbocycles. The van der Waals surface area contributed by atoms with Gasteiger partial charge in [0.25, 0.3) is 0 Å². The van der Waals surface area contributed by atoms with Gasteiger partial charge in [-0.3, -0.25) is 0 Å². The molecule has 0 aliphatic carbocycles. The summed E-state index contributed by atoms with van der Waals surface area (Å²) in [7, 11) is 1.68. The van der Waals surface area contributed by atoms with E-state index in [4.69, 9.17) is 14.7 Å². The minimum atomic E-state index is -0.244. The number of anilines is 3. The van der Waals surface area contributed by atoms with Crippen LogP contribution < -0.4 is 15.5 Å². The van der Waals surface area contributed by atoms with E-state index in [1.165, 1.54) is 11.1 Å². The molecule has 2 aromatic carbocycles. The van der Waals surface area contributed by atoms with Crippen LogP contribution >= 0.6 is 0 Å². The van der Waals surface area contributed by atoms with Crippen LogP contribution in [-0.2, 0) is 29.7 Å². The quantitative estimate of drug-likeness (QED) is 0.569. The van der Waals surface area contributed by atoms with Crippen LogP contribution in [0, 0.1) is 0 Å². The standard InChI is InChI=1S/C26H31N5O2/c1-26(2,3)24-27-20(17-33-4)15-23(30-24)31-14-13-21-18(16-31)9-8-12-22(21)29-25(32)28-19-10-6-5-7-11-19/h5-12,15H,13-14,16-17H2,1-4H3,(H2,28,29,32). The summed E-state index contributed by atoms with van der Waals surface area (Å²) in [6, 6.07) is 17.3. The zero-order valence-electron chi connectivity index (χ0n) is 19.7. The molecule has 0 saturated heterocycles. The predicted molar refractivity (Wildman–Crippen MR) is 132 cm³/mol. The first-order valence-electron chi connectivity index (χ1n) is 11.2. The van der Waals surface area contributed by atoms with Crippen LogP contribution in [0.25, 0.3) is 0 Å². The number of hydrogen-bond donors (Lipinski definition) is 2. The third kappa shape index (κ3) is 5.49. The Morgan fingerprint density at radius 1 is 1.06 bits per heavy atom. The van der Waals surface area contributed by atoms with E-state index in [9.17, 15) is 4.79 Å². The highest BCUT2D eigenvalue weighted by Crippen LogP contribution is 2.30. The number of urea groups is 1. The number of aromatic nitrogens is 2. The van der Waals surface area contributed by atoms with Crippen LogP contribution in [0.5, 0.6) is 0 Å². The van der Waals surface area contributed by atoms with Gasteiger partial charge >= 0.3 is 6.03 Å². The van der Waals surface area contributed by atoms with Gasteiger partial charge in [-0.05, 0) is 35.7 Å². The van der Waals surface area contributed by atoms with Gasteiger partial charge in [0.15, 0.2) is 0 Å². The van der Waals surface area contributed by atoms with E-state index in [2.05, 4.69) is 42.4 Å². The molecule has 2 amide bonds. The van der Waals surface area contributed by atoms with Crippen molar-refractivity contribution in [3.63, 3.8) is 0 Å². The fraction of sp³-hybridized carbons (Fsp3) is 0.346. The van der Waals surface area contributed by atoms with Gasteiger partial charge in [-0.25, -0.2) is 14.8 Å². The number of carbonyl (C=O) groups is 1. The molecule has 2 heterocycles. The number of methoxy groups -OCH3 is 1. The van der Waals surface area contributed by atoms with Gasteiger partial charge in [-0.2, -0.15) is 0 Å². The third-order valence-electron chi connectivity index (χ3n) is 5.60. The number of ether oxygens (including phenoxy) is 1. The van der Waals surface area contributed by atoms with Gasteiger partial charge < -0.3 is 20.3 Å². The van der Waals surface area contributed by atoms with Crippen LogP contribution in [0.2, 0.25) is 0 Å². The normalized spacial score (nSPS) is 13.4. The Morgan fingerprint density at radius 2 is 1.85 bits per heavy atom. The average Bonchev–Trinajstić information content (AvgIpc) is 2.79. The fourth-order valence-electron chi connectivity index (χ4n) is 3.93. The fourth-order valence-corrected chi connectivity index (χ4v) is 3.93. The summed E-state index contributed by atoms with van der Waals surface area (Å²) in [5, 5.41) is 5.90. The molecule has 1 aliphatic heterocycles. The van der Waals surface area contributed by atoms with Crippen molar-refractivity contribution in [1.29, 1.82) is 0 Å². The molecule has 4 rings (SSSR count). The zero-order valence-corrected chi connectivity index (χ0v) is 19.7. The Bertz CT molecular complexity index is 1130. The number of para-hydroxylation sites is 1. The first-order valence-corrected chi connectivity index (χ1v) is 11.2. The largest absolute Gasteiger partial charge is 0.378 e. The van der Waals surface area contributed by atoms with Crippen molar-refractivity contribution >= 4 is 23.2 Å². The van der Waals surface area contributed by atoms with Crippen molar-refractivity contribution in [2.24, 2.45) is 0 Å². The van der Waals surface area contributed by atoms with Crippen LogP contribution in [0.1, 0.15) is 43.4 Å². The van der Waals surface area contributed by atoms with Gasteiger partial charge in [-0.15, -0.1) is 0 Å². The summed E-state index contributed by atoms with van der Waals surface area (Å²) in [5.74, 6) is 1.72. The van der Waals surface area contributed by atoms with Crippen LogP contribution in [0.4, 0.5) is 22.0 Å². The van der Waals surface area contributed by atoms with E-state index >= 15 is 0 Å². The lowest BCUT2D eigenvalue weighted by molar-refractivity contribution is 0.181. The number of fused-ring (bicyclic) bond motifs is 1. The third-order valence-corrected chi connectivity index (χ3v) is 5.60. The molecule has 0 spiro atoms. The molecule has 1 aliphatic rings. The van der Waals surface area contributed by atoms with Gasteiger partial charge in [0.2, 0.25) is 0 Å². The van der Waals surface area contributed by atoms with Crippen LogP contribution in [0.15, 0.2) is 54.6 Å². The number of rotatable bonds is 5. The lowest BCUT2D eigenvalue weighted by atomic mass is 9.95. The second-order valence-corrected chi connectivity index (χ2v) is 9.28. The number of benzene rings is 2. The Kier molecular flexibility index (Phi) is 6.60. The Labute approximate surface area is 195 Å². The minimum absolute atomic E-state index is 0.157. The van der Waals surface area contributed by atoms with E-state index < -0.39 is 0 Å². The molecule has 7 heteroatoms. The van der Waals surface area contributed by atoms with Gasteiger partial charge in [0, 0.05) is 43.1 Å². The maximum absolute atomic E-state index is 12.5. The molecule has 0 unspecified atom stereocenters. The smallest absolute Gasteiger partial charge is 0.323 e. The molecule has 0 radical (unpaired) electrons. The minimum Gasteiger partial charge on any atom is -0.378 e. The van der Waals surface area contributed by atoms with Crippen molar-refractivity contribution in [2.45, 2.75) is 45.8 Å². The summed E-state index contributed by atoms with van der Waals surface area (Å²) in [5.41, 5.74) is 4.68. The molecule has 0 atom stereocenters. The Hall–Kier alpha value is -3.45. The van der Waals surface area contributed by atoms with Crippen molar-refractivity contribution in [3.8, 4) is 0 Å². The van der Waals surface area contributed by atoms with Crippen molar-refractivity contribution in [1.82, 2.24) is 9.97 Å². The second kappa shape index (κ2) is 9.58. The maximum Gasteiger partial charge on any atom is 0.323 e. The van der Waals surface area contributed by atoms with Crippen LogP contribution in [0.3, 0.4) is 0 Å². The van der Waals surface area contributed by atoms with E-state index in [-0.39, 0.29) is 11.4 Å². The maximum atomic E-state index is 12.5. The number of carbonyl (C=O) groups excluding carboxylic acids is 1. The average molecular weight is 446 g/mol. The van der Waals surface area contributed by atoms with E-state index in [1.807, 2.05) is 48.5 Å². The number of nitrogens with one attached hydrogen (secondary N) is 2. The first kappa shape index (κ1) is 22.7. The topological polar surface area (TPSA) is 79.4 Å². The van der Waals surface area contributed by atoms with Gasteiger partial charge in [0.1, 0.15) is 11.6 Å². The molecular weight excluding hydrogens is 414 g/mol. The lowest BCUT2D eigenvalue weighted by Gasteiger charge is -2.32. The van der Waals surface area contributed by atoms with E-state index in [1.54, 1.807) is 7.11 Å². The Balaban J connectivity index is 1.54. The SMILES string of the molecule is COCc1cc(N2CCc3c(cccc3NC(=O)Nc3ccccc3)C2)nc(C(C)(C)C)n1. The first-order chi connectivity index (χ1) is 15.8. The van der Waals surface area contributed by atoms with Crippen molar-refractivity contribution in [3.05, 3.63) is 77.2 Å². The summed E-state index contributed by atoms with van der Waals surface area (Å²) < 4.78 is 5.33. The monoisotopic (exact) mass is 445 g/mol. The molecule has 33 heavy (non-hydrogen) atoms. The predicted octanol–water partition coefficient (Wildman–Crippen LogP) is 5.13. The molecule has 0 bridgehead atoms. The Morgan fingerprint density at radius 3 is 2.58 bits per heavy atom. The van der Waals surface area contributed by atoms with Gasteiger partial charge in [-0.1, -0.05) is 51.1 Å².